The van der Waals surface area contributed by atoms with Crippen LogP contribution < -0.4 is 4.80 Å². The van der Waals surface area contributed by atoms with Gasteiger partial charge >= 0.3 is 0 Å². The van der Waals surface area contributed by atoms with Crippen molar-refractivity contribution in [3.05, 3.63) is 40.7 Å². The summed E-state index contributed by atoms with van der Waals surface area (Å²) >= 11 is 3.13. The van der Waals surface area contributed by atoms with Crippen LogP contribution in [-0.2, 0) is 17.1 Å². The molecule has 1 aromatic carbocycles. The highest BCUT2D eigenvalue weighted by Crippen LogP contribution is 2.22. The Morgan fingerprint density at radius 1 is 1.42 bits per heavy atom. The summed E-state index contributed by atoms with van der Waals surface area (Å²) in [5.41, 5.74) is 1.26. The summed E-state index contributed by atoms with van der Waals surface area (Å²) in [6, 6.07) is 10.2. The van der Waals surface area contributed by atoms with Gasteiger partial charge in [-0.1, -0.05) is 53.4 Å². The number of carbonyl (C=O) groups is 1. The molecule has 100 valence electrons. The molecule has 0 spiro atoms. The van der Waals surface area contributed by atoms with E-state index in [1.54, 1.807) is 16.4 Å². The molecule has 0 radical (unpaired) electrons. The molecule has 2 aromatic rings. The van der Waals surface area contributed by atoms with Gasteiger partial charge in [-0.05, 0) is 12.5 Å². The lowest BCUT2D eigenvalue weighted by molar-refractivity contribution is -0.116. The topological polar surface area (TPSA) is 47.2 Å². The predicted octanol–water partition coefficient (Wildman–Crippen LogP) is 2.70. The van der Waals surface area contributed by atoms with E-state index < -0.39 is 0 Å². The molecule has 0 unspecified atom stereocenters. The summed E-state index contributed by atoms with van der Waals surface area (Å²) in [7, 11) is 0. The lowest BCUT2D eigenvalue weighted by atomic mass is 10.2. The van der Waals surface area contributed by atoms with E-state index in [4.69, 9.17) is 0 Å². The molecule has 2 rings (SSSR count). The predicted molar refractivity (Wildman–Crippen MR) is 78.0 cm³/mol. The molecule has 0 aliphatic rings. The highest BCUT2D eigenvalue weighted by atomic mass is 32.2. The monoisotopic (exact) mass is 293 g/mol. The van der Waals surface area contributed by atoms with Crippen molar-refractivity contribution in [3.63, 3.8) is 0 Å². The maximum Gasteiger partial charge on any atom is 0.245 e. The van der Waals surface area contributed by atoms with Gasteiger partial charge in [0.1, 0.15) is 0 Å². The largest absolute Gasteiger partial charge is 0.273 e. The van der Waals surface area contributed by atoms with Gasteiger partial charge in [0.25, 0.3) is 0 Å². The van der Waals surface area contributed by atoms with E-state index >= 15 is 0 Å². The zero-order chi connectivity index (χ0) is 13.7. The fourth-order valence-electron chi connectivity index (χ4n) is 1.49. The van der Waals surface area contributed by atoms with Gasteiger partial charge in [-0.2, -0.15) is 10.1 Å². The van der Waals surface area contributed by atoms with Crippen LogP contribution in [0.15, 0.2) is 39.7 Å². The van der Waals surface area contributed by atoms with Crippen molar-refractivity contribution in [1.82, 2.24) is 9.78 Å². The van der Waals surface area contributed by atoms with Crippen LogP contribution >= 0.6 is 23.1 Å². The van der Waals surface area contributed by atoms with Crippen LogP contribution in [0.3, 0.4) is 0 Å². The standard InChI is InChI=1S/C13H15N3OS2/c1-3-16-12(14-10(2)17)19-13(15-16)18-9-11-7-5-4-6-8-11/h4-8H,3,9H2,1-2H3. The molecule has 0 aliphatic heterocycles. The number of amides is 1. The molecule has 1 amide bonds. The van der Waals surface area contributed by atoms with Gasteiger partial charge in [0, 0.05) is 19.2 Å². The number of thioether (sulfide) groups is 1. The van der Waals surface area contributed by atoms with Gasteiger partial charge < -0.3 is 0 Å². The van der Waals surface area contributed by atoms with Crippen LogP contribution in [0, 0.1) is 0 Å². The molecular weight excluding hydrogens is 278 g/mol. The number of carbonyl (C=O) groups excluding carboxylic acids is 1. The number of aromatic nitrogens is 2. The third-order valence-electron chi connectivity index (χ3n) is 2.36. The van der Waals surface area contributed by atoms with Gasteiger partial charge in [-0.25, -0.2) is 4.68 Å². The van der Waals surface area contributed by atoms with Gasteiger partial charge in [0.15, 0.2) is 4.34 Å². The highest BCUT2D eigenvalue weighted by Gasteiger charge is 2.05. The number of aryl methyl sites for hydroxylation is 1. The Kier molecular flexibility index (Phi) is 4.93. The lowest BCUT2D eigenvalue weighted by Crippen LogP contribution is -2.16. The average Bonchev–Trinajstić information content (AvgIpc) is 2.79. The SMILES string of the molecule is CCn1nc(SCc2ccccc2)sc1=NC(C)=O. The first-order valence-electron chi connectivity index (χ1n) is 5.99. The first-order valence-corrected chi connectivity index (χ1v) is 7.79. The average molecular weight is 293 g/mol. The molecule has 0 saturated carbocycles. The van der Waals surface area contributed by atoms with Crippen molar-refractivity contribution in [3.8, 4) is 0 Å². The third-order valence-corrected chi connectivity index (χ3v) is 4.51. The highest BCUT2D eigenvalue weighted by molar-refractivity contribution is 8.00. The first-order chi connectivity index (χ1) is 9.19. The maximum absolute atomic E-state index is 11.1. The zero-order valence-corrected chi connectivity index (χ0v) is 12.5. The second-order valence-corrected chi connectivity index (χ2v) is 6.05. The molecule has 0 fully saturated rings. The number of hydrogen-bond donors (Lipinski definition) is 0. The summed E-state index contributed by atoms with van der Waals surface area (Å²) in [6.07, 6.45) is 0. The minimum Gasteiger partial charge on any atom is -0.273 e. The molecule has 19 heavy (non-hydrogen) atoms. The van der Waals surface area contributed by atoms with Gasteiger partial charge in [-0.15, -0.1) is 0 Å². The number of benzene rings is 1. The number of rotatable bonds is 4. The zero-order valence-electron chi connectivity index (χ0n) is 10.9. The van der Waals surface area contributed by atoms with Crippen LogP contribution in [0.5, 0.6) is 0 Å². The van der Waals surface area contributed by atoms with Crippen LogP contribution in [0.2, 0.25) is 0 Å². The van der Waals surface area contributed by atoms with Crippen LogP contribution in [0.4, 0.5) is 0 Å². The van der Waals surface area contributed by atoms with Crippen molar-refractivity contribution in [2.45, 2.75) is 30.5 Å². The normalized spacial score (nSPS) is 11.8. The summed E-state index contributed by atoms with van der Waals surface area (Å²) in [4.78, 5) is 15.7. The van der Waals surface area contributed by atoms with Crippen molar-refractivity contribution in [2.75, 3.05) is 0 Å². The number of nitrogens with zero attached hydrogens (tertiary/aromatic N) is 3. The third kappa shape index (κ3) is 4.04. The quantitative estimate of drug-likeness (QED) is 0.814. The summed E-state index contributed by atoms with van der Waals surface area (Å²) < 4.78 is 2.70. The van der Waals surface area contributed by atoms with E-state index in [-0.39, 0.29) is 5.91 Å². The second kappa shape index (κ2) is 6.68. The van der Waals surface area contributed by atoms with Crippen molar-refractivity contribution < 1.29 is 4.79 Å². The molecule has 1 heterocycles. The fraction of sp³-hybridized carbons (Fsp3) is 0.308. The van der Waals surface area contributed by atoms with Gasteiger partial charge in [-0.3, -0.25) is 4.79 Å². The van der Waals surface area contributed by atoms with Gasteiger partial charge in [0.2, 0.25) is 10.7 Å². The van der Waals surface area contributed by atoms with Crippen molar-refractivity contribution in [2.24, 2.45) is 4.99 Å². The Balaban J connectivity index is 2.14. The molecule has 0 atom stereocenters. The first kappa shape index (κ1) is 14.0. The van der Waals surface area contributed by atoms with Crippen LogP contribution in [0.1, 0.15) is 19.4 Å². The van der Waals surface area contributed by atoms with E-state index in [1.165, 1.54) is 23.8 Å². The minimum absolute atomic E-state index is 0.189. The molecule has 1 aromatic heterocycles. The fourth-order valence-corrected chi connectivity index (χ4v) is 3.51. The Labute approximate surface area is 120 Å². The lowest BCUT2D eigenvalue weighted by Gasteiger charge is -1.97. The molecule has 0 bridgehead atoms. The van der Waals surface area contributed by atoms with E-state index in [1.807, 2.05) is 25.1 Å². The van der Waals surface area contributed by atoms with E-state index in [2.05, 4.69) is 22.2 Å². The second-order valence-electron chi connectivity index (χ2n) is 3.87. The van der Waals surface area contributed by atoms with Crippen LogP contribution in [0.25, 0.3) is 0 Å². The molecule has 0 N–H and O–H groups in total. The van der Waals surface area contributed by atoms with E-state index in [0.717, 1.165) is 10.1 Å². The van der Waals surface area contributed by atoms with Crippen LogP contribution in [-0.4, -0.2) is 15.7 Å². The minimum atomic E-state index is -0.189. The van der Waals surface area contributed by atoms with E-state index in [0.29, 0.717) is 11.3 Å². The number of hydrogen-bond acceptors (Lipinski definition) is 4. The molecule has 4 nitrogen and oxygen atoms in total. The maximum atomic E-state index is 11.1. The Morgan fingerprint density at radius 3 is 2.79 bits per heavy atom. The molecular formula is C13H15N3OS2. The molecule has 0 aliphatic carbocycles. The van der Waals surface area contributed by atoms with E-state index in [9.17, 15) is 4.79 Å². The van der Waals surface area contributed by atoms with Crippen molar-refractivity contribution >= 4 is 29.0 Å². The van der Waals surface area contributed by atoms with Crippen molar-refractivity contribution in [1.29, 1.82) is 0 Å². The summed E-state index contributed by atoms with van der Waals surface area (Å²) in [6.45, 7) is 4.16. The summed E-state index contributed by atoms with van der Waals surface area (Å²) in [5, 5.41) is 4.45. The molecule has 6 heteroatoms. The molecule has 0 saturated heterocycles. The summed E-state index contributed by atoms with van der Waals surface area (Å²) in [5.74, 6) is 0.683. The Hall–Kier alpha value is -1.40. The van der Waals surface area contributed by atoms with Gasteiger partial charge in [0.05, 0.1) is 0 Å². The Bertz CT molecular complexity index is 616. The smallest absolute Gasteiger partial charge is 0.245 e. The Morgan fingerprint density at radius 2 is 2.16 bits per heavy atom.